The van der Waals surface area contributed by atoms with Crippen LogP contribution in [-0.2, 0) is 9.53 Å². The van der Waals surface area contributed by atoms with Crippen LogP contribution in [0.5, 0.6) is 0 Å². The molecule has 4 fully saturated rings. The molecule has 4 aliphatic carbocycles. The molecule has 4 aliphatic rings. The number of esters is 1. The third-order valence-corrected chi connectivity index (χ3v) is 7.36. The van der Waals surface area contributed by atoms with Crippen molar-refractivity contribution in [2.75, 3.05) is 0 Å². The maximum atomic E-state index is 13.2. The summed E-state index contributed by atoms with van der Waals surface area (Å²) in [6.07, 6.45) is 6.30. The minimum atomic E-state index is -0.657. The van der Waals surface area contributed by atoms with E-state index in [2.05, 4.69) is 4.98 Å². The van der Waals surface area contributed by atoms with Crippen LogP contribution in [0.1, 0.15) is 65.8 Å². The normalized spacial score (nSPS) is 35.0. The fourth-order valence-corrected chi connectivity index (χ4v) is 6.63. The van der Waals surface area contributed by atoms with Gasteiger partial charge in [0.1, 0.15) is 4.88 Å². The zero-order valence-corrected chi connectivity index (χ0v) is 15.4. The summed E-state index contributed by atoms with van der Waals surface area (Å²) in [4.78, 5) is 30.4. The molecule has 0 unspecified atom stereocenters. The van der Waals surface area contributed by atoms with Crippen LogP contribution in [0.15, 0.2) is 0 Å². The molecule has 0 aromatic carbocycles. The van der Waals surface area contributed by atoms with Gasteiger partial charge in [-0.1, -0.05) is 0 Å². The fraction of sp³-hybridized carbons (Fsp3) is 0.737. The summed E-state index contributed by atoms with van der Waals surface area (Å²) in [6.45, 7) is 5.44. The van der Waals surface area contributed by atoms with Gasteiger partial charge in [0.25, 0.3) is 0 Å². The quantitative estimate of drug-likeness (QED) is 0.770. The smallest absolute Gasteiger partial charge is 0.350 e. The monoisotopic (exact) mass is 347 g/mol. The third-order valence-electron chi connectivity index (χ3n) is 6.30. The topological polar surface area (TPSA) is 56.3 Å². The highest BCUT2D eigenvalue weighted by molar-refractivity contribution is 7.13. The largest absolute Gasteiger partial charge is 0.450 e. The number of Topliss-reactive ketones (excluding diaryl/α,β-unsaturated/α-hetero) is 1. The Kier molecular flexibility index (Phi) is 3.83. The number of carbonyl (C=O) groups excluding carboxylic acids is 2. The van der Waals surface area contributed by atoms with Crippen molar-refractivity contribution in [1.29, 1.82) is 0 Å². The summed E-state index contributed by atoms with van der Waals surface area (Å²) >= 11 is 1.34. The van der Waals surface area contributed by atoms with Crippen LogP contribution in [0.4, 0.5) is 0 Å². The maximum absolute atomic E-state index is 13.2. The third kappa shape index (κ3) is 2.61. The van der Waals surface area contributed by atoms with Gasteiger partial charge in [0, 0.05) is 5.41 Å². The Hall–Kier alpha value is -1.23. The second kappa shape index (κ2) is 5.65. The summed E-state index contributed by atoms with van der Waals surface area (Å²) in [5.41, 5.74) is 0.476. The van der Waals surface area contributed by atoms with E-state index in [4.69, 9.17) is 4.74 Å². The molecule has 24 heavy (non-hydrogen) atoms. The zero-order chi connectivity index (χ0) is 17.1. The number of aromatic nitrogens is 1. The Morgan fingerprint density at radius 1 is 1.12 bits per heavy atom. The van der Waals surface area contributed by atoms with Crippen molar-refractivity contribution in [1.82, 2.24) is 4.98 Å². The summed E-state index contributed by atoms with van der Waals surface area (Å²) in [6, 6.07) is 0. The number of ketones is 1. The molecule has 5 rings (SSSR count). The van der Waals surface area contributed by atoms with Gasteiger partial charge in [0.05, 0.1) is 10.7 Å². The van der Waals surface area contributed by atoms with Crippen molar-refractivity contribution in [3.8, 4) is 0 Å². The predicted octanol–water partition coefficient (Wildman–Crippen LogP) is 4.09. The average molecular weight is 347 g/mol. The highest BCUT2D eigenvalue weighted by atomic mass is 32.1. The van der Waals surface area contributed by atoms with Crippen molar-refractivity contribution in [2.24, 2.45) is 23.2 Å². The summed E-state index contributed by atoms with van der Waals surface area (Å²) in [5, 5.41) is 0.847. The zero-order valence-electron chi connectivity index (χ0n) is 14.6. The summed E-state index contributed by atoms with van der Waals surface area (Å²) in [5.74, 6) is 1.91. The molecule has 0 N–H and O–H groups in total. The van der Waals surface area contributed by atoms with Gasteiger partial charge in [-0.05, 0) is 77.0 Å². The summed E-state index contributed by atoms with van der Waals surface area (Å²) < 4.78 is 5.56. The molecule has 5 heteroatoms. The molecule has 1 aromatic rings. The first-order chi connectivity index (χ1) is 11.4. The highest BCUT2D eigenvalue weighted by Gasteiger charge is 2.55. The van der Waals surface area contributed by atoms with Gasteiger partial charge in [-0.2, -0.15) is 0 Å². The molecule has 1 atom stereocenters. The van der Waals surface area contributed by atoms with Crippen molar-refractivity contribution in [2.45, 2.75) is 65.4 Å². The molecule has 130 valence electrons. The lowest BCUT2D eigenvalue weighted by Gasteiger charge is -2.56. The first-order valence-electron chi connectivity index (χ1n) is 9.05. The number of aryl methyl sites for hydroxylation is 2. The molecule has 4 saturated carbocycles. The molecule has 4 bridgehead atoms. The van der Waals surface area contributed by atoms with E-state index in [1.165, 1.54) is 30.6 Å². The van der Waals surface area contributed by atoms with Crippen LogP contribution in [0.3, 0.4) is 0 Å². The van der Waals surface area contributed by atoms with Gasteiger partial charge in [0.15, 0.2) is 11.9 Å². The predicted molar refractivity (Wildman–Crippen MR) is 92.1 cm³/mol. The van der Waals surface area contributed by atoms with Crippen LogP contribution in [0.2, 0.25) is 0 Å². The number of nitrogens with zero attached hydrogens (tertiary/aromatic N) is 1. The van der Waals surface area contributed by atoms with E-state index in [0.29, 0.717) is 10.6 Å². The van der Waals surface area contributed by atoms with Gasteiger partial charge in [-0.25, -0.2) is 9.78 Å². The average Bonchev–Trinajstić information content (AvgIpc) is 2.83. The van der Waals surface area contributed by atoms with Crippen LogP contribution >= 0.6 is 11.3 Å². The van der Waals surface area contributed by atoms with E-state index in [0.717, 1.165) is 42.0 Å². The Labute approximate surface area is 147 Å². The van der Waals surface area contributed by atoms with Crippen LogP contribution < -0.4 is 0 Å². The standard InChI is InChI=1S/C19H25NO3S/c1-10-16(24-12(3)20-10)18(22)23-11(2)17(21)19-7-13-4-14(8-19)6-15(5-13)9-19/h11,13-15H,4-9H2,1-3H3/t11-,13?,14?,15?,19?/m1/s1. The van der Waals surface area contributed by atoms with E-state index >= 15 is 0 Å². The van der Waals surface area contributed by atoms with E-state index in [1.54, 1.807) is 6.92 Å². The van der Waals surface area contributed by atoms with Crippen LogP contribution in [-0.4, -0.2) is 22.8 Å². The van der Waals surface area contributed by atoms with Gasteiger partial charge < -0.3 is 4.74 Å². The van der Waals surface area contributed by atoms with Crippen molar-refractivity contribution in [3.05, 3.63) is 15.6 Å². The van der Waals surface area contributed by atoms with Crippen molar-refractivity contribution in [3.63, 3.8) is 0 Å². The lowest BCUT2D eigenvalue weighted by atomic mass is 9.48. The second-order valence-corrected chi connectivity index (χ2v) is 9.46. The molecule has 0 saturated heterocycles. The highest BCUT2D eigenvalue weighted by Crippen LogP contribution is 2.60. The minimum absolute atomic E-state index is 0.161. The molecule has 0 spiro atoms. The second-order valence-electron chi connectivity index (χ2n) is 8.26. The first kappa shape index (κ1) is 16.2. The molecular formula is C19H25NO3S. The number of ether oxygens (including phenoxy) is 1. The summed E-state index contributed by atoms with van der Waals surface area (Å²) in [7, 11) is 0. The fourth-order valence-electron chi connectivity index (χ4n) is 5.83. The number of carbonyl (C=O) groups is 2. The molecule has 4 nitrogen and oxygen atoms in total. The Bertz CT molecular complexity index is 657. The van der Waals surface area contributed by atoms with Gasteiger partial charge in [0.2, 0.25) is 0 Å². The van der Waals surface area contributed by atoms with E-state index in [1.807, 2.05) is 13.8 Å². The van der Waals surface area contributed by atoms with Crippen molar-refractivity contribution >= 4 is 23.1 Å². The first-order valence-corrected chi connectivity index (χ1v) is 9.87. The molecule has 0 amide bonds. The number of hydrogen-bond donors (Lipinski definition) is 0. The molecule has 0 aliphatic heterocycles. The van der Waals surface area contributed by atoms with Crippen LogP contribution in [0.25, 0.3) is 0 Å². The maximum Gasteiger partial charge on any atom is 0.350 e. The van der Waals surface area contributed by atoms with Crippen LogP contribution in [0, 0.1) is 37.0 Å². The molecule has 1 aromatic heterocycles. The Morgan fingerprint density at radius 2 is 1.67 bits per heavy atom. The molecule has 0 radical (unpaired) electrons. The number of hydrogen-bond acceptors (Lipinski definition) is 5. The lowest BCUT2D eigenvalue weighted by Crippen LogP contribution is -2.52. The van der Waals surface area contributed by atoms with E-state index < -0.39 is 12.1 Å². The Balaban J connectivity index is 1.48. The van der Waals surface area contributed by atoms with E-state index in [9.17, 15) is 9.59 Å². The van der Waals surface area contributed by atoms with Crippen molar-refractivity contribution < 1.29 is 14.3 Å². The minimum Gasteiger partial charge on any atom is -0.450 e. The van der Waals surface area contributed by atoms with Gasteiger partial charge in [-0.3, -0.25) is 4.79 Å². The number of thiazole rings is 1. The van der Waals surface area contributed by atoms with E-state index in [-0.39, 0.29) is 11.2 Å². The number of rotatable bonds is 4. The van der Waals surface area contributed by atoms with Gasteiger partial charge in [-0.15, -0.1) is 11.3 Å². The molecular weight excluding hydrogens is 322 g/mol. The SMILES string of the molecule is Cc1nc(C)c(C(=O)O[C@H](C)C(=O)C23CC4CC(CC(C4)C2)C3)s1. The van der Waals surface area contributed by atoms with Gasteiger partial charge >= 0.3 is 5.97 Å². The lowest BCUT2D eigenvalue weighted by molar-refractivity contribution is -0.152. The molecule has 1 heterocycles. The Morgan fingerprint density at radius 3 is 2.12 bits per heavy atom.